The smallest absolute Gasteiger partial charge is 0.246 e. The Kier molecular flexibility index (Phi) is 5.84. The largest absolute Gasteiger partial charge is 0.457 e. The van der Waals surface area contributed by atoms with Crippen molar-refractivity contribution in [1.29, 1.82) is 0 Å². The van der Waals surface area contributed by atoms with Crippen molar-refractivity contribution in [3.8, 4) is 22.8 Å². The van der Waals surface area contributed by atoms with Crippen LogP contribution in [0.2, 0.25) is 5.02 Å². The Morgan fingerprint density at radius 2 is 2.00 bits per heavy atom. The van der Waals surface area contributed by atoms with E-state index in [1.54, 1.807) is 12.3 Å². The Balaban J connectivity index is 1.45. The van der Waals surface area contributed by atoms with E-state index in [9.17, 15) is 4.79 Å². The van der Waals surface area contributed by atoms with E-state index in [1.807, 2.05) is 64.3 Å². The molecule has 6 nitrogen and oxygen atoms in total. The maximum Gasteiger partial charge on any atom is 0.246 e. The number of nitrogens with zero attached hydrogens (tertiary/aromatic N) is 4. The Labute approximate surface area is 197 Å². The van der Waals surface area contributed by atoms with E-state index in [4.69, 9.17) is 21.4 Å². The molecule has 7 heteroatoms. The molecular formula is C26H23ClN4O2. The van der Waals surface area contributed by atoms with Crippen LogP contribution in [0.25, 0.3) is 22.2 Å². The summed E-state index contributed by atoms with van der Waals surface area (Å²) in [6, 6.07) is 17.2. The van der Waals surface area contributed by atoms with Crippen LogP contribution in [0, 0.1) is 0 Å². The number of carbonyl (C=O) groups excluding carboxylic acids is 1. The highest BCUT2D eigenvalue weighted by molar-refractivity contribution is 6.30. The molecule has 2 aromatic carbocycles. The van der Waals surface area contributed by atoms with Gasteiger partial charge >= 0.3 is 0 Å². The average molecular weight is 459 g/mol. The normalized spacial score (nSPS) is 16.0. The summed E-state index contributed by atoms with van der Waals surface area (Å²) in [6.07, 6.45) is 6.90. The fraction of sp³-hybridized carbons (Fsp3) is 0.192. The molecule has 1 fully saturated rings. The van der Waals surface area contributed by atoms with E-state index >= 15 is 0 Å². The molecule has 1 atom stereocenters. The van der Waals surface area contributed by atoms with Gasteiger partial charge < -0.3 is 9.64 Å². The number of ether oxygens (including phenoxy) is 1. The summed E-state index contributed by atoms with van der Waals surface area (Å²) < 4.78 is 7.96. The molecule has 5 rings (SSSR count). The van der Waals surface area contributed by atoms with Crippen molar-refractivity contribution in [2.45, 2.75) is 18.9 Å². The van der Waals surface area contributed by atoms with Gasteiger partial charge in [0.2, 0.25) is 5.91 Å². The SMILES string of the molecule is C=CC(=O)N1CCCC(n2nc(-c3ccc(Oc4cccc(Cl)c4)cc3)c3cnccc32)C1. The molecule has 0 aliphatic carbocycles. The van der Waals surface area contributed by atoms with Crippen molar-refractivity contribution >= 4 is 28.4 Å². The van der Waals surface area contributed by atoms with Gasteiger partial charge in [0.05, 0.1) is 11.6 Å². The lowest BCUT2D eigenvalue weighted by atomic mass is 10.1. The van der Waals surface area contributed by atoms with Crippen LogP contribution < -0.4 is 4.74 Å². The van der Waals surface area contributed by atoms with E-state index in [0.717, 1.165) is 41.5 Å². The fourth-order valence-electron chi connectivity index (χ4n) is 4.31. The Morgan fingerprint density at radius 3 is 2.79 bits per heavy atom. The van der Waals surface area contributed by atoms with Crippen molar-refractivity contribution < 1.29 is 9.53 Å². The van der Waals surface area contributed by atoms with E-state index in [1.165, 1.54) is 6.08 Å². The maximum atomic E-state index is 12.2. The first-order chi connectivity index (χ1) is 16.1. The number of piperidine rings is 1. The first kappa shape index (κ1) is 21.2. The number of hydrogen-bond donors (Lipinski definition) is 0. The molecule has 2 aromatic heterocycles. The fourth-order valence-corrected chi connectivity index (χ4v) is 4.49. The summed E-state index contributed by atoms with van der Waals surface area (Å²) in [5.74, 6) is 1.37. The van der Waals surface area contributed by atoms with Gasteiger partial charge in [-0.25, -0.2) is 0 Å². The summed E-state index contributed by atoms with van der Waals surface area (Å²) in [5.41, 5.74) is 2.84. The van der Waals surface area contributed by atoms with Gasteiger partial charge in [0, 0.05) is 41.5 Å². The van der Waals surface area contributed by atoms with Crippen LogP contribution >= 0.6 is 11.6 Å². The molecule has 1 aliphatic rings. The highest BCUT2D eigenvalue weighted by Crippen LogP contribution is 2.33. The van der Waals surface area contributed by atoms with E-state index in [-0.39, 0.29) is 11.9 Å². The third-order valence-electron chi connectivity index (χ3n) is 5.90. The summed E-state index contributed by atoms with van der Waals surface area (Å²) in [7, 11) is 0. The molecule has 0 N–H and O–H groups in total. The summed E-state index contributed by atoms with van der Waals surface area (Å²) in [4.78, 5) is 18.3. The van der Waals surface area contributed by atoms with E-state index in [0.29, 0.717) is 23.1 Å². The zero-order chi connectivity index (χ0) is 22.8. The molecule has 3 heterocycles. The molecule has 1 unspecified atom stereocenters. The second-order valence-corrected chi connectivity index (χ2v) is 8.49. The first-order valence-corrected chi connectivity index (χ1v) is 11.3. The molecule has 166 valence electrons. The molecule has 0 saturated carbocycles. The number of amides is 1. The third-order valence-corrected chi connectivity index (χ3v) is 6.13. The second-order valence-electron chi connectivity index (χ2n) is 8.05. The Hall–Kier alpha value is -3.64. The number of pyridine rings is 1. The zero-order valence-corrected chi connectivity index (χ0v) is 18.8. The number of halogens is 1. The summed E-state index contributed by atoms with van der Waals surface area (Å²) in [5, 5.41) is 6.59. The predicted octanol–water partition coefficient (Wildman–Crippen LogP) is 5.89. The molecule has 33 heavy (non-hydrogen) atoms. The van der Waals surface area contributed by atoms with Gasteiger partial charge in [-0.15, -0.1) is 0 Å². The lowest BCUT2D eigenvalue weighted by Crippen LogP contribution is -2.40. The van der Waals surface area contributed by atoms with Crippen LogP contribution in [-0.4, -0.2) is 38.7 Å². The van der Waals surface area contributed by atoms with E-state index in [2.05, 4.69) is 11.6 Å². The summed E-state index contributed by atoms with van der Waals surface area (Å²) >= 11 is 6.05. The van der Waals surface area contributed by atoms with Gasteiger partial charge in [0.25, 0.3) is 0 Å². The monoisotopic (exact) mass is 458 g/mol. The van der Waals surface area contributed by atoms with Crippen LogP contribution in [0.5, 0.6) is 11.5 Å². The highest BCUT2D eigenvalue weighted by Gasteiger charge is 2.26. The van der Waals surface area contributed by atoms with Gasteiger partial charge in [0.15, 0.2) is 0 Å². The van der Waals surface area contributed by atoms with Crippen molar-refractivity contribution in [2.75, 3.05) is 13.1 Å². The minimum Gasteiger partial charge on any atom is -0.457 e. The lowest BCUT2D eigenvalue weighted by molar-refractivity contribution is -0.127. The van der Waals surface area contributed by atoms with Gasteiger partial charge in [-0.1, -0.05) is 24.2 Å². The van der Waals surface area contributed by atoms with Crippen molar-refractivity contribution in [3.63, 3.8) is 0 Å². The van der Waals surface area contributed by atoms with Gasteiger partial charge in [-0.2, -0.15) is 5.10 Å². The Morgan fingerprint density at radius 1 is 1.15 bits per heavy atom. The number of rotatable bonds is 5. The first-order valence-electron chi connectivity index (χ1n) is 10.9. The van der Waals surface area contributed by atoms with Crippen LogP contribution in [0.4, 0.5) is 0 Å². The zero-order valence-electron chi connectivity index (χ0n) is 18.0. The third kappa shape index (κ3) is 4.34. The van der Waals surface area contributed by atoms with Crippen LogP contribution in [0.3, 0.4) is 0 Å². The molecule has 0 bridgehead atoms. The Bertz CT molecular complexity index is 1320. The number of benzene rings is 2. The minimum atomic E-state index is -0.0339. The minimum absolute atomic E-state index is 0.0339. The number of carbonyl (C=O) groups is 1. The molecule has 1 aliphatic heterocycles. The number of hydrogen-bond acceptors (Lipinski definition) is 4. The van der Waals surface area contributed by atoms with Crippen molar-refractivity contribution in [2.24, 2.45) is 0 Å². The van der Waals surface area contributed by atoms with Crippen molar-refractivity contribution in [3.05, 3.63) is 84.7 Å². The van der Waals surface area contributed by atoms with Crippen molar-refractivity contribution in [1.82, 2.24) is 19.7 Å². The quantitative estimate of drug-likeness (QED) is 0.350. The number of aromatic nitrogens is 3. The number of likely N-dealkylation sites (tertiary alicyclic amines) is 1. The molecule has 4 aromatic rings. The molecule has 0 radical (unpaired) electrons. The predicted molar refractivity (Wildman–Crippen MR) is 130 cm³/mol. The van der Waals surface area contributed by atoms with Gasteiger partial charge in [-0.05, 0) is 67.4 Å². The van der Waals surface area contributed by atoms with Crippen LogP contribution in [0.1, 0.15) is 18.9 Å². The van der Waals surface area contributed by atoms with Crippen LogP contribution in [-0.2, 0) is 4.79 Å². The van der Waals surface area contributed by atoms with E-state index < -0.39 is 0 Å². The van der Waals surface area contributed by atoms with Gasteiger partial charge in [-0.3, -0.25) is 14.5 Å². The standard InChI is InChI=1S/C26H23ClN4O2/c1-2-25(32)30-14-4-6-20(17-30)31-24-12-13-28-16-23(24)26(29-31)18-8-10-21(11-9-18)33-22-7-3-5-19(27)15-22/h2-3,5,7-13,15-16,20H,1,4,6,14,17H2. The average Bonchev–Trinajstić information content (AvgIpc) is 3.24. The van der Waals surface area contributed by atoms with Gasteiger partial charge in [0.1, 0.15) is 17.2 Å². The van der Waals surface area contributed by atoms with Crippen LogP contribution in [0.15, 0.2) is 79.6 Å². The molecule has 0 spiro atoms. The topological polar surface area (TPSA) is 60.2 Å². The lowest BCUT2D eigenvalue weighted by Gasteiger charge is -2.32. The molecule has 1 saturated heterocycles. The summed E-state index contributed by atoms with van der Waals surface area (Å²) in [6.45, 7) is 5.00. The second kappa shape index (κ2) is 9.08. The number of fused-ring (bicyclic) bond motifs is 1. The molecule has 1 amide bonds. The molecular weight excluding hydrogens is 436 g/mol. The maximum absolute atomic E-state index is 12.2. The highest BCUT2D eigenvalue weighted by atomic mass is 35.5.